The number of anilines is 2. The first-order chi connectivity index (χ1) is 14.5. The normalized spacial score (nSPS) is 18.2. The minimum atomic E-state index is -0.0791. The fraction of sp³-hybridized carbons (Fsp3) is 0.526. The second-order valence-corrected chi connectivity index (χ2v) is 9.60. The highest BCUT2D eigenvalue weighted by atomic mass is 35.5. The van der Waals surface area contributed by atoms with E-state index in [1.54, 1.807) is 11.0 Å². The zero-order chi connectivity index (χ0) is 21.1. The first-order valence-corrected chi connectivity index (χ1v) is 11.5. The van der Waals surface area contributed by atoms with Gasteiger partial charge in [-0.2, -0.15) is 0 Å². The fourth-order valence-corrected chi connectivity index (χ4v) is 5.24. The van der Waals surface area contributed by atoms with E-state index in [0.717, 1.165) is 44.4 Å². The van der Waals surface area contributed by atoms with Crippen molar-refractivity contribution in [2.75, 3.05) is 75.3 Å². The SMILES string of the molecule is O=C(c1cc(Cl)sc1Cl)N1CCN(c2ccc(N3CCN(CCO)CC3)nn2)CC1. The fourth-order valence-electron chi connectivity index (χ4n) is 3.79. The highest BCUT2D eigenvalue weighted by Gasteiger charge is 2.26. The molecular formula is C19H24Cl2N6O2S. The van der Waals surface area contributed by atoms with Crippen molar-refractivity contribution in [1.82, 2.24) is 20.0 Å². The summed E-state index contributed by atoms with van der Waals surface area (Å²) in [6, 6.07) is 5.64. The summed E-state index contributed by atoms with van der Waals surface area (Å²) in [5, 5.41) is 17.9. The molecule has 30 heavy (non-hydrogen) atoms. The maximum atomic E-state index is 12.7. The molecule has 11 heteroatoms. The van der Waals surface area contributed by atoms with E-state index in [1.165, 1.54) is 11.3 Å². The molecular weight excluding hydrogens is 447 g/mol. The molecule has 2 aliphatic rings. The van der Waals surface area contributed by atoms with Crippen molar-refractivity contribution < 1.29 is 9.90 Å². The summed E-state index contributed by atoms with van der Waals surface area (Å²) in [5.74, 6) is 1.62. The number of aromatic nitrogens is 2. The van der Waals surface area contributed by atoms with Crippen LogP contribution in [-0.2, 0) is 0 Å². The molecule has 0 saturated carbocycles. The van der Waals surface area contributed by atoms with E-state index in [9.17, 15) is 4.79 Å². The monoisotopic (exact) mass is 470 g/mol. The lowest BCUT2D eigenvalue weighted by Gasteiger charge is -2.36. The van der Waals surface area contributed by atoms with Gasteiger partial charge in [-0.1, -0.05) is 23.2 Å². The number of carbonyl (C=O) groups excluding carboxylic acids is 1. The lowest BCUT2D eigenvalue weighted by molar-refractivity contribution is 0.0747. The Kier molecular flexibility index (Phi) is 6.94. The molecule has 162 valence electrons. The first-order valence-electron chi connectivity index (χ1n) is 9.96. The van der Waals surface area contributed by atoms with Gasteiger partial charge in [0.1, 0.15) is 4.34 Å². The highest BCUT2D eigenvalue weighted by molar-refractivity contribution is 7.20. The van der Waals surface area contributed by atoms with E-state index in [2.05, 4.69) is 24.9 Å². The van der Waals surface area contributed by atoms with Gasteiger partial charge in [0.15, 0.2) is 11.6 Å². The van der Waals surface area contributed by atoms with Crippen LogP contribution in [0.15, 0.2) is 18.2 Å². The van der Waals surface area contributed by atoms with Crippen LogP contribution in [0.4, 0.5) is 11.6 Å². The Balaban J connectivity index is 1.31. The lowest BCUT2D eigenvalue weighted by Crippen LogP contribution is -2.49. The number of hydrogen-bond donors (Lipinski definition) is 1. The van der Waals surface area contributed by atoms with Gasteiger partial charge in [-0.15, -0.1) is 21.5 Å². The standard InChI is InChI=1S/C19H24Cl2N6O2S/c20-15-13-14(18(21)30-15)19(29)27-9-7-26(8-10-27)17-2-1-16(22-23-17)25-5-3-24(4-6-25)11-12-28/h1-2,13,28H,3-12H2. The molecule has 0 atom stereocenters. The minimum Gasteiger partial charge on any atom is -0.395 e. The van der Waals surface area contributed by atoms with Gasteiger partial charge in [0.05, 0.1) is 16.5 Å². The summed E-state index contributed by atoms with van der Waals surface area (Å²) in [4.78, 5) is 21.1. The van der Waals surface area contributed by atoms with Crippen LogP contribution in [0.5, 0.6) is 0 Å². The van der Waals surface area contributed by atoms with Gasteiger partial charge in [-0.3, -0.25) is 9.69 Å². The van der Waals surface area contributed by atoms with Crippen LogP contribution in [-0.4, -0.2) is 96.5 Å². The molecule has 2 aromatic rings. The maximum Gasteiger partial charge on any atom is 0.256 e. The average Bonchev–Trinajstić information content (AvgIpc) is 3.12. The van der Waals surface area contributed by atoms with Crippen molar-refractivity contribution >= 4 is 52.1 Å². The average molecular weight is 471 g/mol. The van der Waals surface area contributed by atoms with Gasteiger partial charge in [-0.25, -0.2) is 0 Å². The molecule has 1 amide bonds. The molecule has 4 heterocycles. The van der Waals surface area contributed by atoms with E-state index >= 15 is 0 Å². The zero-order valence-corrected chi connectivity index (χ0v) is 18.8. The van der Waals surface area contributed by atoms with Gasteiger partial charge in [0.2, 0.25) is 0 Å². The number of β-amino-alcohol motifs (C(OH)–C–C–N with tert-alkyl or cyclic N) is 1. The number of amides is 1. The number of rotatable bonds is 5. The van der Waals surface area contributed by atoms with Crippen LogP contribution in [0, 0.1) is 0 Å². The van der Waals surface area contributed by atoms with Crippen LogP contribution >= 0.6 is 34.5 Å². The van der Waals surface area contributed by atoms with Crippen LogP contribution in [0.2, 0.25) is 8.67 Å². The Hall–Kier alpha value is -1.65. The quantitative estimate of drug-likeness (QED) is 0.714. The van der Waals surface area contributed by atoms with Crippen LogP contribution in [0.25, 0.3) is 0 Å². The molecule has 0 unspecified atom stereocenters. The third kappa shape index (κ3) is 4.81. The Bertz CT molecular complexity index is 864. The molecule has 1 N–H and O–H groups in total. The molecule has 0 radical (unpaired) electrons. The molecule has 2 fully saturated rings. The molecule has 2 aliphatic heterocycles. The van der Waals surface area contributed by atoms with Gasteiger partial charge in [0.25, 0.3) is 5.91 Å². The molecule has 8 nitrogen and oxygen atoms in total. The molecule has 2 aromatic heterocycles. The number of aliphatic hydroxyl groups is 1. The molecule has 0 spiro atoms. The topological polar surface area (TPSA) is 76.0 Å². The summed E-state index contributed by atoms with van der Waals surface area (Å²) in [6.45, 7) is 7.08. The molecule has 0 bridgehead atoms. The molecule has 4 rings (SSSR count). The number of thiophene rings is 1. The highest BCUT2D eigenvalue weighted by Crippen LogP contribution is 2.32. The summed E-state index contributed by atoms with van der Waals surface area (Å²) >= 11 is 13.3. The van der Waals surface area contributed by atoms with Crippen LogP contribution < -0.4 is 9.80 Å². The van der Waals surface area contributed by atoms with Gasteiger partial charge in [0, 0.05) is 58.9 Å². The number of halogens is 2. The number of aliphatic hydroxyl groups excluding tert-OH is 1. The van der Waals surface area contributed by atoms with Crippen molar-refractivity contribution in [2.24, 2.45) is 0 Å². The predicted octanol–water partition coefficient (Wildman–Crippen LogP) is 1.92. The third-order valence-corrected chi connectivity index (χ3v) is 7.01. The van der Waals surface area contributed by atoms with Crippen LogP contribution in [0.3, 0.4) is 0 Å². The van der Waals surface area contributed by atoms with Gasteiger partial charge < -0.3 is 19.8 Å². The smallest absolute Gasteiger partial charge is 0.256 e. The number of hydrogen-bond acceptors (Lipinski definition) is 8. The van der Waals surface area contributed by atoms with Crippen molar-refractivity contribution in [2.45, 2.75) is 0 Å². The maximum absolute atomic E-state index is 12.7. The van der Waals surface area contributed by atoms with Crippen molar-refractivity contribution in [3.63, 3.8) is 0 Å². The van der Waals surface area contributed by atoms with Crippen molar-refractivity contribution in [3.05, 3.63) is 32.4 Å². The predicted molar refractivity (Wildman–Crippen MR) is 120 cm³/mol. The van der Waals surface area contributed by atoms with Gasteiger partial charge in [-0.05, 0) is 18.2 Å². The Morgan fingerprint density at radius 2 is 1.53 bits per heavy atom. The largest absolute Gasteiger partial charge is 0.395 e. The Morgan fingerprint density at radius 1 is 0.967 bits per heavy atom. The Morgan fingerprint density at radius 3 is 2.00 bits per heavy atom. The number of piperazine rings is 2. The lowest BCUT2D eigenvalue weighted by atomic mass is 10.2. The molecule has 2 saturated heterocycles. The Labute approximate surface area is 189 Å². The van der Waals surface area contributed by atoms with E-state index in [1.807, 2.05) is 12.1 Å². The zero-order valence-electron chi connectivity index (χ0n) is 16.5. The van der Waals surface area contributed by atoms with Crippen molar-refractivity contribution in [1.29, 1.82) is 0 Å². The van der Waals surface area contributed by atoms with E-state index < -0.39 is 0 Å². The first kappa shape index (κ1) is 21.6. The summed E-state index contributed by atoms with van der Waals surface area (Å²) < 4.78 is 0.957. The number of carbonyl (C=O) groups is 1. The van der Waals surface area contributed by atoms with E-state index in [0.29, 0.717) is 40.4 Å². The molecule has 0 aromatic carbocycles. The van der Waals surface area contributed by atoms with Crippen molar-refractivity contribution in [3.8, 4) is 0 Å². The second-order valence-electron chi connectivity index (χ2n) is 7.32. The molecule has 0 aliphatic carbocycles. The number of nitrogens with zero attached hydrogens (tertiary/aromatic N) is 6. The van der Waals surface area contributed by atoms with E-state index in [-0.39, 0.29) is 12.5 Å². The summed E-state index contributed by atoms with van der Waals surface area (Å²) in [6.07, 6.45) is 0. The van der Waals surface area contributed by atoms with E-state index in [4.69, 9.17) is 28.3 Å². The third-order valence-electron chi connectivity index (χ3n) is 5.53. The minimum absolute atomic E-state index is 0.0791. The second kappa shape index (κ2) is 9.65. The van der Waals surface area contributed by atoms with Crippen LogP contribution in [0.1, 0.15) is 10.4 Å². The summed E-state index contributed by atoms with van der Waals surface area (Å²) in [7, 11) is 0. The van der Waals surface area contributed by atoms with Gasteiger partial charge >= 0.3 is 0 Å². The summed E-state index contributed by atoms with van der Waals surface area (Å²) in [5.41, 5.74) is 0.475.